The molecule has 0 radical (unpaired) electrons. The molecule has 1 aromatic heterocycles. The minimum atomic E-state index is -0.363. The average Bonchev–Trinajstić information content (AvgIpc) is 2.63. The van der Waals surface area contributed by atoms with Crippen molar-refractivity contribution in [2.45, 2.75) is 20.4 Å². The second-order valence-corrected chi connectivity index (χ2v) is 6.27. The fourth-order valence-corrected chi connectivity index (χ4v) is 2.74. The van der Waals surface area contributed by atoms with Crippen molar-refractivity contribution >= 4 is 11.6 Å². The Morgan fingerprint density at radius 3 is 2.44 bits per heavy atom. The molecule has 0 spiro atoms. The van der Waals surface area contributed by atoms with Gasteiger partial charge in [-0.15, -0.1) is 0 Å². The molecule has 138 valence electrons. The van der Waals surface area contributed by atoms with Gasteiger partial charge in [0, 0.05) is 11.8 Å². The molecule has 0 bridgehead atoms. The van der Waals surface area contributed by atoms with Crippen molar-refractivity contribution in [1.29, 1.82) is 0 Å². The summed E-state index contributed by atoms with van der Waals surface area (Å²) in [6, 6.07) is 17.9. The lowest BCUT2D eigenvalue weighted by atomic mass is 10.1. The number of aryl methyl sites for hydroxylation is 2. The van der Waals surface area contributed by atoms with Gasteiger partial charge in [-0.05, 0) is 55.3 Å². The van der Waals surface area contributed by atoms with Crippen LogP contribution in [0.3, 0.4) is 0 Å². The van der Waals surface area contributed by atoms with Gasteiger partial charge in [0.1, 0.15) is 18.1 Å². The van der Waals surface area contributed by atoms with Crippen LogP contribution in [0.5, 0.6) is 5.75 Å². The van der Waals surface area contributed by atoms with Gasteiger partial charge in [-0.1, -0.05) is 24.3 Å². The van der Waals surface area contributed by atoms with Crippen LogP contribution in [0.4, 0.5) is 5.69 Å². The highest BCUT2D eigenvalue weighted by molar-refractivity contribution is 6.02. The van der Waals surface area contributed by atoms with Crippen LogP contribution in [0.15, 0.2) is 65.5 Å². The predicted molar refractivity (Wildman–Crippen MR) is 104 cm³/mol. The number of hydrogen-bond acceptors (Lipinski definition) is 4. The lowest BCUT2D eigenvalue weighted by Crippen LogP contribution is -2.28. The first-order chi connectivity index (χ1) is 13.0. The molecule has 0 aliphatic carbocycles. The topological polar surface area (TPSA) is 73.2 Å². The molecule has 0 fully saturated rings. The fraction of sp³-hybridized carbons (Fsp3) is 0.190. The summed E-state index contributed by atoms with van der Waals surface area (Å²) < 4.78 is 6.82. The highest BCUT2D eigenvalue weighted by Crippen LogP contribution is 2.14. The predicted octanol–water partition coefficient (Wildman–Crippen LogP) is 3.19. The van der Waals surface area contributed by atoms with E-state index >= 15 is 0 Å². The summed E-state index contributed by atoms with van der Waals surface area (Å²) in [5.41, 5.74) is 2.70. The first-order valence-electron chi connectivity index (χ1n) is 8.67. The maximum atomic E-state index is 12.5. The minimum absolute atomic E-state index is 0.175. The summed E-state index contributed by atoms with van der Waals surface area (Å²) in [6.45, 7) is 4.46. The monoisotopic (exact) mass is 363 g/mol. The molecule has 3 rings (SSSR count). The van der Waals surface area contributed by atoms with E-state index < -0.39 is 0 Å². The summed E-state index contributed by atoms with van der Waals surface area (Å²) in [5, 5.41) is 6.98. The first kappa shape index (κ1) is 18.4. The van der Waals surface area contributed by atoms with E-state index in [2.05, 4.69) is 10.4 Å². The molecule has 6 nitrogen and oxygen atoms in total. The summed E-state index contributed by atoms with van der Waals surface area (Å²) in [7, 11) is 0. The Balaban J connectivity index is 1.68. The molecule has 3 aromatic rings. The van der Waals surface area contributed by atoms with Crippen molar-refractivity contribution < 1.29 is 9.53 Å². The van der Waals surface area contributed by atoms with E-state index in [0.29, 0.717) is 11.4 Å². The second kappa shape index (κ2) is 8.31. The molecule has 6 heteroatoms. The van der Waals surface area contributed by atoms with E-state index in [9.17, 15) is 9.59 Å². The zero-order valence-corrected chi connectivity index (χ0v) is 15.3. The fourth-order valence-electron chi connectivity index (χ4n) is 2.74. The molecule has 2 aromatic carbocycles. The third-order valence-electron chi connectivity index (χ3n) is 3.89. The van der Waals surface area contributed by atoms with Crippen molar-refractivity contribution in [3.05, 3.63) is 87.8 Å². The van der Waals surface area contributed by atoms with Gasteiger partial charge >= 0.3 is 0 Å². The summed E-state index contributed by atoms with van der Waals surface area (Å²) in [6.07, 6.45) is 0. The molecule has 0 atom stereocenters. The zero-order chi connectivity index (χ0) is 19.2. The number of rotatable bonds is 6. The molecule has 27 heavy (non-hydrogen) atoms. The van der Waals surface area contributed by atoms with Crippen LogP contribution in [0.25, 0.3) is 0 Å². The van der Waals surface area contributed by atoms with Gasteiger partial charge in [-0.3, -0.25) is 9.59 Å². The van der Waals surface area contributed by atoms with Gasteiger partial charge in [-0.2, -0.15) is 5.10 Å². The Morgan fingerprint density at radius 2 is 1.74 bits per heavy atom. The molecule has 0 unspecified atom stereocenters. The highest BCUT2D eigenvalue weighted by atomic mass is 16.5. The van der Waals surface area contributed by atoms with Gasteiger partial charge in [-0.25, -0.2) is 4.68 Å². The van der Waals surface area contributed by atoms with E-state index in [1.54, 1.807) is 0 Å². The van der Waals surface area contributed by atoms with Crippen molar-refractivity contribution in [1.82, 2.24) is 9.78 Å². The number of carbonyl (C=O) groups excluding carboxylic acids is 1. The van der Waals surface area contributed by atoms with Gasteiger partial charge in [0.2, 0.25) is 0 Å². The smallest absolute Gasteiger partial charge is 0.276 e. The summed E-state index contributed by atoms with van der Waals surface area (Å²) in [5.74, 6) is 0.354. The van der Waals surface area contributed by atoms with Crippen LogP contribution in [0.2, 0.25) is 0 Å². The Labute approximate surface area is 157 Å². The van der Waals surface area contributed by atoms with Gasteiger partial charge in [0.15, 0.2) is 0 Å². The van der Waals surface area contributed by atoms with Gasteiger partial charge in [0.25, 0.3) is 11.5 Å². The summed E-state index contributed by atoms with van der Waals surface area (Å²) >= 11 is 0. The van der Waals surface area contributed by atoms with E-state index in [4.69, 9.17) is 4.74 Å². The Morgan fingerprint density at radius 1 is 1.04 bits per heavy atom. The first-order valence-corrected chi connectivity index (χ1v) is 8.67. The Bertz CT molecular complexity index is 977. The van der Waals surface area contributed by atoms with Crippen molar-refractivity contribution in [3.8, 4) is 5.75 Å². The van der Waals surface area contributed by atoms with Gasteiger partial charge < -0.3 is 10.1 Å². The van der Waals surface area contributed by atoms with Crippen LogP contribution in [0.1, 0.15) is 21.6 Å². The SMILES string of the molecule is Cc1cc(C)cc(NC(=O)c2ccc(=O)n(CCOc3ccccc3)n2)c1. The van der Waals surface area contributed by atoms with Crippen molar-refractivity contribution in [2.75, 3.05) is 11.9 Å². The Kier molecular flexibility index (Phi) is 5.66. The van der Waals surface area contributed by atoms with Crippen LogP contribution in [-0.4, -0.2) is 22.3 Å². The van der Waals surface area contributed by atoms with E-state index in [0.717, 1.165) is 11.1 Å². The quantitative estimate of drug-likeness (QED) is 0.730. The number of ether oxygens (including phenoxy) is 1. The third-order valence-corrected chi connectivity index (χ3v) is 3.89. The molecule has 1 amide bonds. The lowest BCUT2D eigenvalue weighted by molar-refractivity contribution is 0.101. The summed E-state index contributed by atoms with van der Waals surface area (Å²) in [4.78, 5) is 24.5. The van der Waals surface area contributed by atoms with Crippen LogP contribution < -0.4 is 15.6 Å². The number of amides is 1. The molecule has 0 aliphatic heterocycles. The van der Waals surface area contributed by atoms with Crippen molar-refractivity contribution in [2.24, 2.45) is 0 Å². The number of nitrogens with zero attached hydrogens (tertiary/aromatic N) is 2. The van der Waals surface area contributed by atoms with Crippen molar-refractivity contribution in [3.63, 3.8) is 0 Å². The molecule has 0 saturated carbocycles. The van der Waals surface area contributed by atoms with Gasteiger partial charge in [0.05, 0.1) is 6.54 Å². The molecule has 1 heterocycles. The highest BCUT2D eigenvalue weighted by Gasteiger charge is 2.11. The molecule has 0 aliphatic rings. The molecular formula is C21H21N3O3. The number of aromatic nitrogens is 2. The molecular weight excluding hydrogens is 342 g/mol. The number of nitrogens with one attached hydrogen (secondary N) is 1. The maximum Gasteiger partial charge on any atom is 0.276 e. The second-order valence-electron chi connectivity index (χ2n) is 6.27. The normalized spacial score (nSPS) is 10.4. The lowest BCUT2D eigenvalue weighted by Gasteiger charge is -2.10. The number of carbonyl (C=O) groups is 1. The minimum Gasteiger partial charge on any atom is -0.492 e. The molecule has 0 saturated heterocycles. The standard InChI is InChI=1S/C21H21N3O3/c1-15-12-16(2)14-17(13-15)22-21(26)19-8-9-20(25)24(23-19)10-11-27-18-6-4-3-5-7-18/h3-9,12-14H,10-11H2,1-2H3,(H,22,26). The Hall–Kier alpha value is -3.41. The van der Waals surface area contributed by atoms with Crippen LogP contribution >= 0.6 is 0 Å². The number of benzene rings is 2. The van der Waals surface area contributed by atoms with E-state index in [1.165, 1.54) is 16.8 Å². The zero-order valence-electron chi connectivity index (χ0n) is 15.3. The van der Waals surface area contributed by atoms with Crippen LogP contribution in [0, 0.1) is 13.8 Å². The third kappa shape index (κ3) is 5.04. The number of para-hydroxylation sites is 1. The largest absolute Gasteiger partial charge is 0.492 e. The van der Waals surface area contributed by atoms with E-state index in [-0.39, 0.29) is 30.3 Å². The molecule has 1 N–H and O–H groups in total. The average molecular weight is 363 g/mol. The maximum absolute atomic E-state index is 12.5. The van der Waals surface area contributed by atoms with Crippen LogP contribution in [-0.2, 0) is 6.54 Å². The van der Waals surface area contributed by atoms with E-state index in [1.807, 2.05) is 62.4 Å². The number of hydrogen-bond donors (Lipinski definition) is 1. The number of anilines is 1.